The van der Waals surface area contributed by atoms with Crippen molar-refractivity contribution in [3.05, 3.63) is 22.2 Å². The molecule has 5 heteroatoms. The molecule has 1 aliphatic carbocycles. The van der Waals surface area contributed by atoms with E-state index in [1.165, 1.54) is 0 Å². The van der Waals surface area contributed by atoms with Gasteiger partial charge >= 0.3 is 5.97 Å². The first-order chi connectivity index (χ1) is 9.49. The maximum absolute atomic E-state index is 11.0. The molecule has 4 nitrogen and oxygen atoms in total. The number of hydrogen-bond acceptors (Lipinski definition) is 3. The molecule has 0 aromatic heterocycles. The number of carbonyl (C=O) groups is 1. The summed E-state index contributed by atoms with van der Waals surface area (Å²) >= 11 is 3.50. The molecule has 1 spiro atoms. The van der Waals surface area contributed by atoms with E-state index in [4.69, 9.17) is 14.6 Å². The van der Waals surface area contributed by atoms with Gasteiger partial charge in [-0.2, -0.15) is 0 Å². The molecule has 0 saturated heterocycles. The molecule has 1 atom stereocenters. The van der Waals surface area contributed by atoms with Gasteiger partial charge in [0, 0.05) is 17.3 Å². The van der Waals surface area contributed by atoms with Crippen LogP contribution in [0.15, 0.2) is 16.6 Å². The third kappa shape index (κ3) is 2.39. The standard InChI is InChI=1S/C15H17BrO4/c1-9(14(17)18)6-10-7-12-13(8-11(10)16)20-15(19-12)4-2-3-5-15/h7-9H,2-6H2,1H3,(H,17,18). The van der Waals surface area contributed by atoms with Gasteiger partial charge in [0.2, 0.25) is 0 Å². The molecule has 20 heavy (non-hydrogen) atoms. The van der Waals surface area contributed by atoms with E-state index in [9.17, 15) is 4.79 Å². The van der Waals surface area contributed by atoms with Crippen molar-refractivity contribution in [1.82, 2.24) is 0 Å². The van der Waals surface area contributed by atoms with Crippen LogP contribution >= 0.6 is 15.9 Å². The number of hydrogen-bond donors (Lipinski definition) is 1. The van der Waals surface area contributed by atoms with Crippen LogP contribution in [0, 0.1) is 5.92 Å². The maximum atomic E-state index is 11.0. The summed E-state index contributed by atoms with van der Waals surface area (Å²) < 4.78 is 12.9. The second-order valence-electron chi connectivity index (χ2n) is 5.66. The van der Waals surface area contributed by atoms with Crippen LogP contribution in [0.3, 0.4) is 0 Å². The maximum Gasteiger partial charge on any atom is 0.306 e. The van der Waals surface area contributed by atoms with Gasteiger partial charge in [0.05, 0.1) is 5.92 Å². The van der Waals surface area contributed by atoms with Crippen LogP contribution in [0.5, 0.6) is 11.5 Å². The molecular formula is C15H17BrO4. The Morgan fingerprint density at radius 3 is 2.55 bits per heavy atom. The van der Waals surface area contributed by atoms with E-state index in [1.54, 1.807) is 6.92 Å². The molecule has 0 radical (unpaired) electrons. The van der Waals surface area contributed by atoms with Crippen molar-refractivity contribution < 1.29 is 19.4 Å². The fourth-order valence-electron chi connectivity index (χ4n) is 2.85. The number of fused-ring (bicyclic) bond motifs is 1. The molecule has 0 amide bonds. The number of carboxylic acid groups (broad SMARTS) is 1. The summed E-state index contributed by atoms with van der Waals surface area (Å²) in [5, 5.41) is 9.02. The van der Waals surface area contributed by atoms with E-state index in [0.29, 0.717) is 6.42 Å². The lowest BCUT2D eigenvalue weighted by Gasteiger charge is -2.21. The quantitative estimate of drug-likeness (QED) is 0.910. The Labute approximate surface area is 126 Å². The largest absolute Gasteiger partial charge is 0.481 e. The number of carboxylic acids is 1. The average Bonchev–Trinajstić information content (AvgIpc) is 2.96. The van der Waals surface area contributed by atoms with Gasteiger partial charge in [-0.3, -0.25) is 4.79 Å². The van der Waals surface area contributed by atoms with Gasteiger partial charge in [-0.15, -0.1) is 0 Å². The Hall–Kier alpha value is -1.23. The second-order valence-corrected chi connectivity index (χ2v) is 6.51. The predicted molar refractivity (Wildman–Crippen MR) is 77.1 cm³/mol. The number of benzene rings is 1. The SMILES string of the molecule is CC(Cc1cc2c(cc1Br)OC1(CCCC1)O2)C(=O)O. The van der Waals surface area contributed by atoms with Crippen LogP contribution in [0.4, 0.5) is 0 Å². The van der Waals surface area contributed by atoms with E-state index in [1.807, 2.05) is 12.1 Å². The van der Waals surface area contributed by atoms with Crippen molar-refractivity contribution in [1.29, 1.82) is 0 Å². The Balaban J connectivity index is 1.85. The predicted octanol–water partition coefficient (Wildman–Crippen LogP) is 3.75. The lowest BCUT2D eigenvalue weighted by molar-refractivity contribution is -0.141. The summed E-state index contributed by atoms with van der Waals surface area (Å²) in [5.41, 5.74) is 0.942. The van der Waals surface area contributed by atoms with Crippen molar-refractivity contribution in [3.8, 4) is 11.5 Å². The Morgan fingerprint density at radius 1 is 1.35 bits per heavy atom. The van der Waals surface area contributed by atoms with Crippen molar-refractivity contribution in [2.45, 2.75) is 44.8 Å². The van der Waals surface area contributed by atoms with Crippen molar-refractivity contribution in [2.75, 3.05) is 0 Å². The highest BCUT2D eigenvalue weighted by Crippen LogP contribution is 2.48. The smallest absolute Gasteiger partial charge is 0.306 e. The van der Waals surface area contributed by atoms with Crippen LogP contribution in [0.2, 0.25) is 0 Å². The lowest BCUT2D eigenvalue weighted by Crippen LogP contribution is -2.34. The summed E-state index contributed by atoms with van der Waals surface area (Å²) in [6, 6.07) is 3.80. The second kappa shape index (κ2) is 4.95. The first-order valence-corrected chi connectivity index (χ1v) is 7.72. The normalized spacial score (nSPS) is 20.3. The summed E-state index contributed by atoms with van der Waals surface area (Å²) in [6.07, 6.45) is 4.55. The highest BCUT2D eigenvalue weighted by atomic mass is 79.9. The molecule has 1 saturated carbocycles. The van der Waals surface area contributed by atoms with Crippen LogP contribution < -0.4 is 9.47 Å². The zero-order valence-corrected chi connectivity index (χ0v) is 12.9. The van der Waals surface area contributed by atoms with Gasteiger partial charge in [0.25, 0.3) is 5.79 Å². The molecule has 1 fully saturated rings. The van der Waals surface area contributed by atoms with Gasteiger partial charge in [0.15, 0.2) is 11.5 Å². The molecule has 1 heterocycles. The van der Waals surface area contributed by atoms with Crippen LogP contribution in [-0.4, -0.2) is 16.9 Å². The van der Waals surface area contributed by atoms with Crippen molar-refractivity contribution in [2.24, 2.45) is 5.92 Å². The third-order valence-corrected chi connectivity index (χ3v) is 4.76. The van der Waals surface area contributed by atoms with Gasteiger partial charge in [-0.05, 0) is 37.0 Å². The summed E-state index contributed by atoms with van der Waals surface area (Å²) in [4.78, 5) is 11.0. The van der Waals surface area contributed by atoms with Gasteiger partial charge in [-0.25, -0.2) is 0 Å². The van der Waals surface area contributed by atoms with E-state index in [2.05, 4.69) is 15.9 Å². The number of rotatable bonds is 3. The van der Waals surface area contributed by atoms with Crippen molar-refractivity contribution >= 4 is 21.9 Å². The van der Waals surface area contributed by atoms with Gasteiger partial charge in [-0.1, -0.05) is 22.9 Å². The van der Waals surface area contributed by atoms with E-state index >= 15 is 0 Å². The van der Waals surface area contributed by atoms with E-state index in [-0.39, 0.29) is 0 Å². The molecule has 108 valence electrons. The minimum atomic E-state index is -0.790. The fraction of sp³-hybridized carbons (Fsp3) is 0.533. The molecule has 1 aromatic rings. The minimum Gasteiger partial charge on any atom is -0.481 e. The van der Waals surface area contributed by atoms with Crippen molar-refractivity contribution in [3.63, 3.8) is 0 Å². The monoisotopic (exact) mass is 340 g/mol. The van der Waals surface area contributed by atoms with Crippen LogP contribution in [0.25, 0.3) is 0 Å². The van der Waals surface area contributed by atoms with E-state index in [0.717, 1.165) is 47.2 Å². The first kappa shape index (κ1) is 13.7. The number of aliphatic carboxylic acids is 1. The topological polar surface area (TPSA) is 55.8 Å². The Morgan fingerprint density at radius 2 is 1.95 bits per heavy atom. The molecule has 1 unspecified atom stereocenters. The third-order valence-electron chi connectivity index (χ3n) is 4.02. The van der Waals surface area contributed by atoms with Gasteiger partial charge in [0.1, 0.15) is 0 Å². The summed E-state index contributed by atoms with van der Waals surface area (Å²) in [6.45, 7) is 1.71. The fourth-order valence-corrected chi connectivity index (χ4v) is 3.33. The zero-order valence-electron chi connectivity index (χ0n) is 11.3. The minimum absolute atomic E-state index is 0.424. The van der Waals surface area contributed by atoms with Crippen LogP contribution in [-0.2, 0) is 11.2 Å². The summed E-state index contributed by atoms with van der Waals surface area (Å²) in [7, 11) is 0. The lowest BCUT2D eigenvalue weighted by atomic mass is 10.0. The average molecular weight is 341 g/mol. The van der Waals surface area contributed by atoms with Crippen LogP contribution in [0.1, 0.15) is 38.2 Å². The Bertz CT molecular complexity index is 549. The van der Waals surface area contributed by atoms with Gasteiger partial charge < -0.3 is 14.6 Å². The molecule has 3 rings (SSSR count). The molecule has 2 aliphatic rings. The summed E-state index contributed by atoms with van der Waals surface area (Å²) in [5.74, 6) is -0.194. The highest BCUT2D eigenvalue weighted by Gasteiger charge is 2.44. The zero-order chi connectivity index (χ0) is 14.3. The molecule has 1 aromatic carbocycles. The Kier molecular flexibility index (Phi) is 3.40. The molecular weight excluding hydrogens is 324 g/mol. The number of halogens is 1. The first-order valence-electron chi connectivity index (χ1n) is 6.92. The molecule has 1 N–H and O–H groups in total. The molecule has 0 bridgehead atoms. The highest BCUT2D eigenvalue weighted by molar-refractivity contribution is 9.10. The van der Waals surface area contributed by atoms with E-state index < -0.39 is 17.7 Å². The molecule has 1 aliphatic heterocycles. The number of ether oxygens (including phenoxy) is 2.